The Hall–Kier alpha value is -3.54. The third-order valence-electron chi connectivity index (χ3n) is 6.34. The second-order valence-electron chi connectivity index (χ2n) is 10.0. The van der Waals surface area contributed by atoms with Gasteiger partial charge in [0.05, 0.1) is 23.7 Å². The summed E-state index contributed by atoms with van der Waals surface area (Å²) in [4.78, 5) is 18.3. The fourth-order valence-corrected chi connectivity index (χ4v) is 6.65. The highest BCUT2D eigenvalue weighted by Crippen LogP contribution is 2.41. The SMILES string of the molecule is Cc1sc(-c2cc(Cl)cc(NS(C)(=O)=O)c2)cc1-c1ncc(F)cc1OCc1cc(F)cc2c1C(C)(C)NC2=O. The molecule has 0 saturated carbocycles. The van der Waals surface area contributed by atoms with Crippen molar-refractivity contribution in [1.29, 1.82) is 0 Å². The van der Waals surface area contributed by atoms with E-state index in [1.807, 2.05) is 26.8 Å². The number of thiophene rings is 1. The van der Waals surface area contributed by atoms with Gasteiger partial charge in [0, 0.05) is 32.0 Å². The largest absolute Gasteiger partial charge is 0.486 e. The Morgan fingerprint density at radius 3 is 2.55 bits per heavy atom. The van der Waals surface area contributed by atoms with Crippen molar-refractivity contribution < 1.29 is 26.7 Å². The maximum atomic E-state index is 14.4. The summed E-state index contributed by atoms with van der Waals surface area (Å²) in [5, 5.41) is 3.18. The Morgan fingerprint density at radius 1 is 1.07 bits per heavy atom. The molecule has 0 fully saturated rings. The predicted molar refractivity (Wildman–Crippen MR) is 152 cm³/mol. The Morgan fingerprint density at radius 2 is 1.82 bits per heavy atom. The lowest BCUT2D eigenvalue weighted by Crippen LogP contribution is -2.33. The van der Waals surface area contributed by atoms with Crippen LogP contribution in [0.5, 0.6) is 5.75 Å². The van der Waals surface area contributed by atoms with Gasteiger partial charge in [-0.1, -0.05) is 11.6 Å². The number of nitrogens with zero attached hydrogens (tertiary/aromatic N) is 1. The molecule has 2 aromatic carbocycles. The van der Waals surface area contributed by atoms with Gasteiger partial charge in [-0.15, -0.1) is 11.3 Å². The molecule has 1 aliphatic heterocycles. The molecule has 12 heteroatoms. The first-order valence-electron chi connectivity index (χ1n) is 12.0. The van der Waals surface area contributed by atoms with Crippen molar-refractivity contribution >= 4 is 44.6 Å². The lowest BCUT2D eigenvalue weighted by atomic mass is 9.90. The number of fused-ring (bicyclic) bond motifs is 1. The molecule has 1 aliphatic rings. The van der Waals surface area contributed by atoms with Gasteiger partial charge in [0.25, 0.3) is 5.91 Å². The minimum Gasteiger partial charge on any atom is -0.486 e. The number of sulfonamides is 1. The number of hydrogen-bond acceptors (Lipinski definition) is 6. The maximum absolute atomic E-state index is 14.4. The molecule has 0 bridgehead atoms. The number of halogens is 3. The van der Waals surface area contributed by atoms with Crippen LogP contribution in [0.3, 0.4) is 0 Å². The zero-order valence-corrected chi connectivity index (χ0v) is 24.2. The standard InChI is InChI=1S/C28H24ClF2N3O4S2/c1-14-21(11-24(39-14)15-5-17(29)8-20(7-15)34-40(4,36)37)26-23(10-19(31)12-32-26)38-13-16-6-18(30)9-22-25(16)28(2,3)33-27(22)35/h5-12,34H,13H2,1-4H3,(H,33,35). The fourth-order valence-electron chi connectivity index (χ4n) is 4.86. The predicted octanol–water partition coefficient (Wildman–Crippen LogP) is 6.65. The minimum absolute atomic E-state index is 0.124. The van der Waals surface area contributed by atoms with Crippen molar-refractivity contribution in [3.8, 4) is 27.4 Å². The zero-order valence-electron chi connectivity index (χ0n) is 21.9. The molecule has 5 rings (SSSR count). The number of amides is 1. The molecule has 7 nitrogen and oxygen atoms in total. The summed E-state index contributed by atoms with van der Waals surface area (Å²) in [7, 11) is -3.51. The molecule has 40 heavy (non-hydrogen) atoms. The van der Waals surface area contributed by atoms with E-state index in [4.69, 9.17) is 16.3 Å². The molecule has 0 saturated heterocycles. The number of hydrogen-bond donors (Lipinski definition) is 2. The maximum Gasteiger partial charge on any atom is 0.252 e. The van der Waals surface area contributed by atoms with Gasteiger partial charge in [-0.3, -0.25) is 9.52 Å². The van der Waals surface area contributed by atoms with Crippen LogP contribution in [0.15, 0.2) is 48.7 Å². The van der Waals surface area contributed by atoms with Crippen LogP contribution in [0.4, 0.5) is 14.5 Å². The minimum atomic E-state index is -3.51. The number of pyridine rings is 1. The first kappa shape index (κ1) is 28.0. The van der Waals surface area contributed by atoms with Crippen LogP contribution in [0.2, 0.25) is 5.02 Å². The normalized spacial score (nSPS) is 14.1. The fraction of sp³-hybridized carbons (Fsp3) is 0.214. The molecule has 0 aliphatic carbocycles. The molecule has 2 aromatic heterocycles. The summed E-state index contributed by atoms with van der Waals surface area (Å²) in [6.45, 7) is 5.38. The van der Waals surface area contributed by atoms with Gasteiger partial charge >= 0.3 is 0 Å². The lowest BCUT2D eigenvalue weighted by molar-refractivity contribution is 0.0940. The number of rotatable bonds is 7. The average Bonchev–Trinajstić information content (AvgIpc) is 3.32. The summed E-state index contributed by atoms with van der Waals surface area (Å²) >= 11 is 7.68. The summed E-state index contributed by atoms with van der Waals surface area (Å²) < 4.78 is 60.6. The highest BCUT2D eigenvalue weighted by molar-refractivity contribution is 7.92. The van der Waals surface area contributed by atoms with Crippen LogP contribution in [-0.4, -0.2) is 25.6 Å². The highest BCUT2D eigenvalue weighted by atomic mass is 35.5. The van der Waals surface area contributed by atoms with Crippen LogP contribution >= 0.6 is 22.9 Å². The highest BCUT2D eigenvalue weighted by Gasteiger charge is 2.37. The Balaban J connectivity index is 1.51. The second kappa shape index (κ2) is 10.1. The number of nitrogens with one attached hydrogen (secondary N) is 2. The van der Waals surface area contributed by atoms with Crippen molar-refractivity contribution in [3.05, 3.63) is 86.9 Å². The third-order valence-corrected chi connectivity index (χ3v) is 8.27. The van der Waals surface area contributed by atoms with Gasteiger partial charge in [0.2, 0.25) is 10.0 Å². The lowest BCUT2D eigenvalue weighted by Gasteiger charge is -2.22. The molecular formula is C28H24ClF2N3O4S2. The summed E-state index contributed by atoms with van der Waals surface area (Å²) in [5.74, 6) is -1.41. The van der Waals surface area contributed by atoms with Crippen molar-refractivity contribution in [2.45, 2.75) is 32.9 Å². The van der Waals surface area contributed by atoms with E-state index in [9.17, 15) is 22.0 Å². The molecular weight excluding hydrogens is 580 g/mol. The topological polar surface area (TPSA) is 97.4 Å². The van der Waals surface area contributed by atoms with Gasteiger partial charge in [-0.25, -0.2) is 22.2 Å². The van der Waals surface area contributed by atoms with Crippen molar-refractivity contribution in [3.63, 3.8) is 0 Å². The van der Waals surface area contributed by atoms with E-state index in [0.29, 0.717) is 38.7 Å². The quantitative estimate of drug-likeness (QED) is 0.247. The van der Waals surface area contributed by atoms with E-state index in [1.165, 1.54) is 35.6 Å². The van der Waals surface area contributed by atoms with Crippen LogP contribution in [-0.2, 0) is 22.2 Å². The molecule has 208 valence electrons. The third kappa shape index (κ3) is 5.67. The van der Waals surface area contributed by atoms with Crippen LogP contribution in [0.25, 0.3) is 21.7 Å². The van der Waals surface area contributed by atoms with E-state index in [0.717, 1.165) is 22.2 Å². The second-order valence-corrected chi connectivity index (χ2v) is 13.5. The average molecular weight is 604 g/mol. The Bertz CT molecular complexity index is 1790. The molecule has 2 N–H and O–H groups in total. The van der Waals surface area contributed by atoms with E-state index in [2.05, 4.69) is 15.0 Å². The Labute approximate surface area is 239 Å². The van der Waals surface area contributed by atoms with Gasteiger partial charge in [0.1, 0.15) is 29.7 Å². The Kier molecular flexibility index (Phi) is 7.10. The smallest absolute Gasteiger partial charge is 0.252 e. The van der Waals surface area contributed by atoms with Crippen LogP contribution in [0, 0.1) is 18.6 Å². The summed E-state index contributed by atoms with van der Waals surface area (Å²) in [6, 6.07) is 10.4. The molecule has 4 aromatic rings. The number of aromatic nitrogens is 1. The summed E-state index contributed by atoms with van der Waals surface area (Å²) in [6.07, 6.45) is 2.13. The number of carbonyl (C=O) groups excluding carboxylic acids is 1. The summed E-state index contributed by atoms with van der Waals surface area (Å²) in [5.41, 5.74) is 2.64. The van der Waals surface area contributed by atoms with Crippen LogP contribution in [0.1, 0.15) is 40.2 Å². The van der Waals surface area contributed by atoms with Gasteiger partial charge in [-0.2, -0.15) is 0 Å². The first-order chi connectivity index (χ1) is 18.7. The number of ether oxygens (including phenoxy) is 1. The molecule has 3 heterocycles. The van der Waals surface area contributed by atoms with E-state index in [1.54, 1.807) is 12.1 Å². The molecule has 0 unspecified atom stereocenters. The first-order valence-corrected chi connectivity index (χ1v) is 15.1. The van der Waals surface area contributed by atoms with Gasteiger partial charge in [-0.05, 0) is 73.9 Å². The van der Waals surface area contributed by atoms with E-state index in [-0.39, 0.29) is 23.8 Å². The van der Waals surface area contributed by atoms with Crippen molar-refractivity contribution in [2.24, 2.45) is 0 Å². The molecule has 0 atom stereocenters. The van der Waals surface area contributed by atoms with Gasteiger partial charge < -0.3 is 10.1 Å². The van der Waals surface area contributed by atoms with Gasteiger partial charge in [0.15, 0.2) is 0 Å². The number of anilines is 1. The van der Waals surface area contributed by atoms with E-state index < -0.39 is 27.2 Å². The molecule has 1 amide bonds. The monoisotopic (exact) mass is 603 g/mol. The molecule has 0 radical (unpaired) electrons. The van der Waals surface area contributed by atoms with E-state index >= 15 is 0 Å². The van der Waals surface area contributed by atoms with Crippen molar-refractivity contribution in [1.82, 2.24) is 10.3 Å². The zero-order chi connectivity index (χ0) is 29.0. The van der Waals surface area contributed by atoms with Crippen molar-refractivity contribution in [2.75, 3.05) is 11.0 Å². The number of carbonyl (C=O) groups is 1. The van der Waals surface area contributed by atoms with Crippen LogP contribution < -0.4 is 14.8 Å². The molecule has 0 spiro atoms. The number of aryl methyl sites for hydroxylation is 1. The number of benzene rings is 2.